The molecular formula is C22H21N5O3. The van der Waals surface area contributed by atoms with Gasteiger partial charge in [-0.15, -0.1) is 0 Å². The summed E-state index contributed by atoms with van der Waals surface area (Å²) in [4.78, 5) is 13.0. The monoisotopic (exact) mass is 403 g/mol. The Labute approximate surface area is 172 Å². The molecule has 1 aromatic carbocycles. The lowest BCUT2D eigenvalue weighted by Gasteiger charge is -2.17. The summed E-state index contributed by atoms with van der Waals surface area (Å²) < 4.78 is 7.63. The van der Waals surface area contributed by atoms with Crippen LogP contribution in [0.4, 0.5) is 11.5 Å². The first-order chi connectivity index (χ1) is 14.6. The third kappa shape index (κ3) is 3.11. The molecule has 1 aliphatic rings. The second-order valence-corrected chi connectivity index (χ2v) is 7.31. The van der Waals surface area contributed by atoms with Crippen LogP contribution in [0, 0.1) is 0 Å². The van der Waals surface area contributed by atoms with Crippen molar-refractivity contribution >= 4 is 22.5 Å². The number of anilines is 2. The number of nitrogens with zero attached hydrogens (tertiary/aromatic N) is 4. The van der Waals surface area contributed by atoms with E-state index in [9.17, 15) is 10.2 Å². The molecule has 30 heavy (non-hydrogen) atoms. The van der Waals surface area contributed by atoms with Crippen LogP contribution in [-0.2, 0) is 4.74 Å². The molecule has 0 bridgehead atoms. The number of fused-ring (bicyclic) bond motifs is 1. The number of rotatable bonds is 4. The highest BCUT2D eigenvalue weighted by atomic mass is 16.6. The molecule has 3 N–H and O–H groups in total. The van der Waals surface area contributed by atoms with Gasteiger partial charge < -0.3 is 24.8 Å². The topological polar surface area (TPSA) is 105 Å². The standard InChI is InChI=1S/C22H21N5O3/c1-13-18(28)19(29)22(30-13)27-11-16(14-5-3-2-4-6-14)17-20(24-12-25-21(17)27)26-15-7-9-23-10-8-15/h2-13,18-19,22,28-29H,1H3,(H,23,24,25,26)/t13-,18-,19-,22-/m1/s1. The van der Waals surface area contributed by atoms with Crippen LogP contribution in [0.3, 0.4) is 0 Å². The number of hydrogen-bond donors (Lipinski definition) is 3. The van der Waals surface area contributed by atoms with Crippen molar-refractivity contribution < 1.29 is 14.9 Å². The van der Waals surface area contributed by atoms with Gasteiger partial charge in [0.25, 0.3) is 0 Å². The molecule has 8 heteroatoms. The summed E-state index contributed by atoms with van der Waals surface area (Å²) in [5.74, 6) is 0.630. The molecule has 1 fully saturated rings. The number of aliphatic hydroxyl groups excluding tert-OH is 2. The van der Waals surface area contributed by atoms with E-state index in [-0.39, 0.29) is 0 Å². The molecule has 3 aromatic heterocycles. The SMILES string of the molecule is C[C@H]1O[C@@H](n2cc(-c3ccccc3)c3c(Nc4ccncc4)ncnc32)[C@H](O)[C@@H]1O. The van der Waals surface area contributed by atoms with Crippen molar-refractivity contribution in [2.45, 2.75) is 31.5 Å². The fourth-order valence-corrected chi connectivity index (χ4v) is 3.84. The molecule has 4 atom stereocenters. The molecule has 0 spiro atoms. The van der Waals surface area contributed by atoms with Crippen molar-refractivity contribution in [3.63, 3.8) is 0 Å². The molecule has 0 aliphatic carbocycles. The third-order valence-electron chi connectivity index (χ3n) is 5.39. The molecule has 152 valence electrons. The van der Waals surface area contributed by atoms with Gasteiger partial charge in [0, 0.05) is 29.8 Å². The Kier molecular flexibility index (Phi) is 4.66. The van der Waals surface area contributed by atoms with Crippen LogP contribution in [0.15, 0.2) is 67.4 Å². The van der Waals surface area contributed by atoms with E-state index in [0.717, 1.165) is 22.2 Å². The second kappa shape index (κ2) is 7.49. The molecule has 1 aliphatic heterocycles. The third-order valence-corrected chi connectivity index (χ3v) is 5.39. The first-order valence-corrected chi connectivity index (χ1v) is 9.73. The van der Waals surface area contributed by atoms with Crippen LogP contribution >= 0.6 is 0 Å². The maximum absolute atomic E-state index is 10.6. The zero-order chi connectivity index (χ0) is 20.7. The van der Waals surface area contributed by atoms with E-state index in [1.165, 1.54) is 6.33 Å². The summed E-state index contributed by atoms with van der Waals surface area (Å²) in [6.07, 6.45) is 3.50. The van der Waals surface area contributed by atoms with Gasteiger partial charge in [0.05, 0.1) is 11.5 Å². The quantitative estimate of drug-likeness (QED) is 0.481. The number of hydrogen-bond acceptors (Lipinski definition) is 7. The van der Waals surface area contributed by atoms with E-state index in [2.05, 4.69) is 20.3 Å². The van der Waals surface area contributed by atoms with Crippen molar-refractivity contribution in [3.05, 3.63) is 67.4 Å². The van der Waals surface area contributed by atoms with Gasteiger partial charge in [0.2, 0.25) is 0 Å². The molecular weight excluding hydrogens is 382 g/mol. The Balaban J connectivity index is 1.70. The minimum Gasteiger partial charge on any atom is -0.388 e. The van der Waals surface area contributed by atoms with Gasteiger partial charge in [0.1, 0.15) is 30.0 Å². The zero-order valence-electron chi connectivity index (χ0n) is 16.3. The van der Waals surface area contributed by atoms with Gasteiger partial charge in [-0.25, -0.2) is 9.97 Å². The van der Waals surface area contributed by atoms with E-state index in [4.69, 9.17) is 4.74 Å². The number of pyridine rings is 1. The lowest BCUT2D eigenvalue weighted by Crippen LogP contribution is -2.30. The van der Waals surface area contributed by atoms with Crippen LogP contribution in [0.2, 0.25) is 0 Å². The summed E-state index contributed by atoms with van der Waals surface area (Å²) in [5, 5.41) is 24.9. The Morgan fingerprint density at radius 2 is 1.77 bits per heavy atom. The first-order valence-electron chi connectivity index (χ1n) is 9.73. The molecule has 4 aromatic rings. The number of nitrogens with one attached hydrogen (secondary N) is 1. The fraction of sp³-hybridized carbons (Fsp3) is 0.227. The minimum atomic E-state index is -1.06. The Morgan fingerprint density at radius 3 is 2.47 bits per heavy atom. The lowest BCUT2D eigenvalue weighted by atomic mass is 10.1. The number of aromatic nitrogens is 4. The molecule has 4 heterocycles. The Hall–Kier alpha value is -3.33. The molecule has 0 amide bonds. The van der Waals surface area contributed by atoms with Crippen molar-refractivity contribution in [1.29, 1.82) is 0 Å². The number of aliphatic hydroxyl groups is 2. The van der Waals surface area contributed by atoms with Crippen LogP contribution < -0.4 is 5.32 Å². The van der Waals surface area contributed by atoms with Gasteiger partial charge in [-0.1, -0.05) is 30.3 Å². The molecule has 0 saturated carbocycles. The molecule has 0 unspecified atom stereocenters. The van der Waals surface area contributed by atoms with Crippen LogP contribution in [0.5, 0.6) is 0 Å². The smallest absolute Gasteiger partial charge is 0.164 e. The molecule has 0 radical (unpaired) electrons. The highest BCUT2D eigenvalue weighted by Crippen LogP contribution is 2.39. The summed E-state index contributed by atoms with van der Waals surface area (Å²) >= 11 is 0. The molecule has 1 saturated heterocycles. The predicted octanol–water partition coefficient (Wildman–Crippen LogP) is 2.88. The normalized spacial score (nSPS) is 23.7. The van der Waals surface area contributed by atoms with E-state index < -0.39 is 24.5 Å². The molecule has 5 rings (SSSR count). The second-order valence-electron chi connectivity index (χ2n) is 7.31. The van der Waals surface area contributed by atoms with Gasteiger partial charge in [0.15, 0.2) is 6.23 Å². The Bertz CT molecular complexity index is 1170. The summed E-state index contributed by atoms with van der Waals surface area (Å²) in [6.45, 7) is 1.74. The minimum absolute atomic E-state index is 0.487. The van der Waals surface area contributed by atoms with E-state index in [1.807, 2.05) is 48.7 Å². The van der Waals surface area contributed by atoms with Gasteiger partial charge in [-0.3, -0.25) is 4.98 Å². The molecule has 8 nitrogen and oxygen atoms in total. The predicted molar refractivity (Wildman–Crippen MR) is 112 cm³/mol. The average Bonchev–Trinajstić information content (AvgIpc) is 3.29. The Morgan fingerprint density at radius 1 is 1.00 bits per heavy atom. The van der Waals surface area contributed by atoms with Crippen molar-refractivity contribution in [3.8, 4) is 11.1 Å². The van der Waals surface area contributed by atoms with Gasteiger partial charge >= 0.3 is 0 Å². The largest absolute Gasteiger partial charge is 0.388 e. The highest BCUT2D eigenvalue weighted by molar-refractivity contribution is 6.02. The lowest BCUT2D eigenvalue weighted by molar-refractivity contribution is -0.0295. The summed E-state index contributed by atoms with van der Waals surface area (Å²) in [6, 6.07) is 13.6. The number of ether oxygens (including phenoxy) is 1. The van der Waals surface area contributed by atoms with Crippen LogP contribution in [0.1, 0.15) is 13.2 Å². The van der Waals surface area contributed by atoms with E-state index >= 15 is 0 Å². The van der Waals surface area contributed by atoms with Gasteiger partial charge in [-0.2, -0.15) is 0 Å². The fourth-order valence-electron chi connectivity index (χ4n) is 3.84. The maximum atomic E-state index is 10.6. The first kappa shape index (κ1) is 18.7. The number of benzene rings is 1. The average molecular weight is 403 g/mol. The van der Waals surface area contributed by atoms with Crippen molar-refractivity contribution in [1.82, 2.24) is 19.5 Å². The van der Waals surface area contributed by atoms with Crippen molar-refractivity contribution in [2.24, 2.45) is 0 Å². The van der Waals surface area contributed by atoms with Crippen molar-refractivity contribution in [2.75, 3.05) is 5.32 Å². The van der Waals surface area contributed by atoms with Crippen LogP contribution in [-0.4, -0.2) is 48.0 Å². The summed E-state index contributed by atoms with van der Waals surface area (Å²) in [5.41, 5.74) is 3.33. The van der Waals surface area contributed by atoms with Gasteiger partial charge in [-0.05, 0) is 24.6 Å². The maximum Gasteiger partial charge on any atom is 0.164 e. The van der Waals surface area contributed by atoms with E-state index in [1.54, 1.807) is 23.9 Å². The summed E-state index contributed by atoms with van der Waals surface area (Å²) in [7, 11) is 0. The van der Waals surface area contributed by atoms with Crippen LogP contribution in [0.25, 0.3) is 22.2 Å². The zero-order valence-corrected chi connectivity index (χ0v) is 16.3. The highest BCUT2D eigenvalue weighted by Gasteiger charge is 2.42. The van der Waals surface area contributed by atoms with E-state index in [0.29, 0.717) is 11.5 Å².